The molecule has 0 amide bonds. The van der Waals surface area contributed by atoms with Gasteiger partial charge in [-0.1, -0.05) is 31.2 Å². The van der Waals surface area contributed by atoms with Gasteiger partial charge in [0.05, 0.1) is 0 Å². The van der Waals surface area contributed by atoms with E-state index in [0.29, 0.717) is 0 Å². The fourth-order valence-corrected chi connectivity index (χ4v) is 1.31. The van der Waals surface area contributed by atoms with Crippen LogP contribution in [0.5, 0.6) is 0 Å². The fraction of sp³-hybridized carbons (Fsp3) is 0.526. The molecule has 1 saturated carbocycles. The van der Waals surface area contributed by atoms with Crippen LogP contribution in [0.4, 0.5) is 0 Å². The molecule has 0 bridgehead atoms. The van der Waals surface area contributed by atoms with Crippen molar-refractivity contribution in [2.75, 3.05) is 0 Å². The molecule has 5 radical (unpaired) electrons. The van der Waals surface area contributed by atoms with Gasteiger partial charge < -0.3 is 15.3 Å². The van der Waals surface area contributed by atoms with E-state index in [9.17, 15) is 0 Å². The monoisotopic (exact) mass is 357 g/mol. The summed E-state index contributed by atoms with van der Waals surface area (Å²) in [5.41, 5.74) is 0. The van der Waals surface area contributed by atoms with E-state index >= 15 is 0 Å². The van der Waals surface area contributed by atoms with Crippen LogP contribution in [0.2, 0.25) is 0 Å². The Morgan fingerprint density at radius 2 is 0.870 bits per heavy atom. The van der Waals surface area contributed by atoms with E-state index in [1.165, 1.54) is 17.8 Å². The van der Waals surface area contributed by atoms with Crippen molar-refractivity contribution in [1.29, 1.82) is 0 Å². The van der Waals surface area contributed by atoms with Crippen molar-refractivity contribution >= 4 is 0 Å². The summed E-state index contributed by atoms with van der Waals surface area (Å²) in [6.07, 6.45) is 12.3. The second-order valence-corrected chi connectivity index (χ2v) is 5.94. The number of hydrogen-bond donors (Lipinski definition) is 3. The molecule has 131 valence electrons. The van der Waals surface area contributed by atoms with Gasteiger partial charge in [0.15, 0.2) is 0 Å². The largest absolute Gasteiger partial charge is 0.394 e. The van der Waals surface area contributed by atoms with E-state index in [1.807, 2.05) is 0 Å². The number of allylic oxidation sites excluding steroid dienone is 4. The third kappa shape index (κ3) is 24.4. The van der Waals surface area contributed by atoms with Crippen molar-refractivity contribution in [3.05, 3.63) is 54.9 Å². The summed E-state index contributed by atoms with van der Waals surface area (Å²) in [5, 5.41) is 24.2. The molecule has 2 rings (SSSR count). The van der Waals surface area contributed by atoms with Crippen molar-refractivity contribution in [3.8, 4) is 0 Å². The fourth-order valence-electron chi connectivity index (χ4n) is 1.31. The summed E-state index contributed by atoms with van der Waals surface area (Å²) in [5.74, 6) is 4.04. The Morgan fingerprint density at radius 1 is 0.652 bits per heavy atom. The van der Waals surface area contributed by atoms with Crippen LogP contribution in [0.3, 0.4) is 0 Å². The minimum Gasteiger partial charge on any atom is -0.394 e. The van der Waals surface area contributed by atoms with Gasteiger partial charge in [-0.15, -0.1) is 0 Å². The van der Waals surface area contributed by atoms with E-state index in [0.717, 1.165) is 0 Å². The first-order valence-electron chi connectivity index (χ1n) is 7.72. The number of rotatable bonds is 0. The predicted octanol–water partition coefficient (Wildman–Crippen LogP) is 3.44. The maximum Gasteiger partial charge on any atom is 0.0483 e. The molecule has 2 aliphatic rings. The summed E-state index contributed by atoms with van der Waals surface area (Å²) in [4.78, 5) is 0. The summed E-state index contributed by atoms with van der Waals surface area (Å²) in [6.45, 7) is 12.5. The smallest absolute Gasteiger partial charge is 0.0483 e. The van der Waals surface area contributed by atoms with E-state index in [2.05, 4.69) is 44.1 Å². The zero-order valence-electron chi connectivity index (χ0n) is 15.5. The van der Waals surface area contributed by atoms with Crippen LogP contribution in [0.25, 0.3) is 0 Å². The summed E-state index contributed by atoms with van der Waals surface area (Å²) in [6, 6.07) is 0. The Labute approximate surface area is 158 Å². The van der Waals surface area contributed by atoms with E-state index in [4.69, 9.17) is 15.3 Å². The third-order valence-corrected chi connectivity index (χ3v) is 1.76. The summed E-state index contributed by atoms with van der Waals surface area (Å²) >= 11 is 0. The molecule has 4 heteroatoms. The first kappa shape index (κ1) is 27.9. The van der Waals surface area contributed by atoms with Gasteiger partial charge in [0, 0.05) is 51.9 Å². The van der Waals surface area contributed by atoms with Crippen molar-refractivity contribution in [1.82, 2.24) is 0 Å². The summed E-state index contributed by atoms with van der Waals surface area (Å²) in [7, 11) is 0. The maximum atomic E-state index is 8.06. The van der Waals surface area contributed by atoms with E-state index < -0.39 is 0 Å². The molecule has 0 unspecified atom stereocenters. The van der Waals surface area contributed by atoms with Gasteiger partial charge in [0.1, 0.15) is 0 Å². The van der Waals surface area contributed by atoms with Crippen LogP contribution in [-0.2, 0) is 21.7 Å². The molecule has 3 N–H and O–H groups in total. The van der Waals surface area contributed by atoms with E-state index in [-0.39, 0.29) is 40.0 Å². The predicted molar refractivity (Wildman–Crippen MR) is 94.3 cm³/mol. The SMILES string of the molecule is CC(C)O.CC(C)O.CC(C)O.C[C]1[CH][C]2C=CC=C[C]2[CH]1.[Ti]. The van der Waals surface area contributed by atoms with Gasteiger partial charge in [-0.25, -0.2) is 0 Å². The average Bonchev–Trinajstić information content (AvgIpc) is 2.66. The zero-order chi connectivity index (χ0) is 17.7. The van der Waals surface area contributed by atoms with Crippen LogP contribution >= 0.6 is 0 Å². The molecule has 1 fully saturated rings. The molecule has 0 heterocycles. The standard InChI is InChI=1S/C10H9.3C3H8O.Ti/c1-8-6-9-4-2-3-5-10(9)7-8;3*1-3(2)4;/h2-7H,1H3;3*3-4H,1-2H3;. The van der Waals surface area contributed by atoms with Crippen LogP contribution < -0.4 is 0 Å². The first-order chi connectivity index (χ1) is 10.1. The van der Waals surface area contributed by atoms with E-state index in [1.54, 1.807) is 41.5 Å². The molecule has 0 atom stereocenters. The first-order valence-corrected chi connectivity index (χ1v) is 7.72. The normalized spacial score (nSPS) is 16.7. The Hall–Kier alpha value is 0.0743. The van der Waals surface area contributed by atoms with Crippen molar-refractivity contribution in [3.63, 3.8) is 0 Å². The van der Waals surface area contributed by atoms with Crippen LogP contribution in [0, 0.1) is 30.6 Å². The van der Waals surface area contributed by atoms with Crippen LogP contribution in [-0.4, -0.2) is 33.6 Å². The quantitative estimate of drug-likeness (QED) is 0.582. The van der Waals surface area contributed by atoms with Gasteiger partial charge in [-0.3, -0.25) is 0 Å². The molecule has 0 aliphatic heterocycles. The van der Waals surface area contributed by atoms with Gasteiger partial charge in [0.2, 0.25) is 0 Å². The molecule has 0 aromatic heterocycles. The molecular formula is C19H33O3Ti. The molecule has 0 aromatic rings. The molecule has 0 saturated heterocycles. The molecule has 2 aliphatic carbocycles. The second kappa shape index (κ2) is 16.9. The summed E-state index contributed by atoms with van der Waals surface area (Å²) < 4.78 is 0. The Bertz CT molecular complexity index is 256. The maximum absolute atomic E-state index is 8.06. The zero-order valence-corrected chi connectivity index (χ0v) is 17.1. The second-order valence-electron chi connectivity index (χ2n) is 5.94. The molecule has 0 aromatic carbocycles. The Balaban J connectivity index is -0.000000264. The topological polar surface area (TPSA) is 60.7 Å². The minimum atomic E-state index is -0.167. The number of aliphatic hydroxyl groups is 3. The van der Waals surface area contributed by atoms with Crippen molar-refractivity contribution < 1.29 is 37.0 Å². The minimum absolute atomic E-state index is 0. The van der Waals surface area contributed by atoms with Gasteiger partial charge >= 0.3 is 0 Å². The number of fused-ring (bicyclic) bond motifs is 1. The third-order valence-electron chi connectivity index (χ3n) is 1.76. The molecule has 3 nitrogen and oxygen atoms in total. The van der Waals surface area contributed by atoms with Crippen LogP contribution in [0.15, 0.2) is 24.3 Å². The van der Waals surface area contributed by atoms with Gasteiger partial charge in [-0.05, 0) is 60.3 Å². The van der Waals surface area contributed by atoms with Gasteiger partial charge in [-0.2, -0.15) is 0 Å². The molecular weight excluding hydrogens is 324 g/mol. The molecule has 0 spiro atoms. The Morgan fingerprint density at radius 3 is 1.09 bits per heavy atom. The average molecular weight is 357 g/mol. The number of hydrogen-bond acceptors (Lipinski definition) is 3. The van der Waals surface area contributed by atoms with Gasteiger partial charge in [0.25, 0.3) is 0 Å². The number of aliphatic hydroxyl groups excluding tert-OH is 3. The van der Waals surface area contributed by atoms with Crippen molar-refractivity contribution in [2.45, 2.75) is 66.8 Å². The Kier molecular flexibility index (Phi) is 20.5. The molecule has 23 heavy (non-hydrogen) atoms. The van der Waals surface area contributed by atoms with Crippen LogP contribution in [0.1, 0.15) is 48.5 Å². The van der Waals surface area contributed by atoms with Crippen molar-refractivity contribution in [2.24, 2.45) is 0 Å².